The Morgan fingerprint density at radius 2 is 1.77 bits per heavy atom. The van der Waals surface area contributed by atoms with Gasteiger partial charge in [0.2, 0.25) is 5.95 Å². The number of nitriles is 1. The molecule has 3 aromatic rings. The molecular weight excluding hydrogens is 492 g/mol. The van der Waals surface area contributed by atoms with Gasteiger partial charge in [-0.25, -0.2) is 9.78 Å². The summed E-state index contributed by atoms with van der Waals surface area (Å²) in [4.78, 5) is 36.0. The van der Waals surface area contributed by atoms with Gasteiger partial charge < -0.3 is 26.6 Å². The fourth-order valence-corrected chi connectivity index (χ4v) is 4.66. The molecule has 0 unspecified atom stereocenters. The highest BCUT2D eigenvalue weighted by molar-refractivity contribution is 5.97. The molecule has 0 bridgehead atoms. The van der Waals surface area contributed by atoms with Crippen LogP contribution in [-0.2, 0) is 0 Å². The van der Waals surface area contributed by atoms with Crippen molar-refractivity contribution in [1.29, 1.82) is 5.26 Å². The number of aryl methyl sites for hydroxylation is 2. The van der Waals surface area contributed by atoms with E-state index in [9.17, 15) is 9.59 Å². The average molecular weight is 527 g/mol. The van der Waals surface area contributed by atoms with Gasteiger partial charge in [-0.1, -0.05) is 18.2 Å². The molecule has 1 aromatic heterocycles. The van der Waals surface area contributed by atoms with Gasteiger partial charge in [-0.15, -0.1) is 0 Å². The van der Waals surface area contributed by atoms with E-state index in [0.717, 1.165) is 29.7 Å². The van der Waals surface area contributed by atoms with E-state index in [-0.39, 0.29) is 17.9 Å². The SMILES string of the molecule is Cc1ccc(C(=O)N2CCC(c3ccc(C#N)cc3)CC2)cc1NC(=O)NCCNc1nc(N)nc(C)c1C. The first-order chi connectivity index (χ1) is 18.7. The second kappa shape index (κ2) is 12.3. The normalized spacial score (nSPS) is 13.4. The minimum absolute atomic E-state index is 0.0456. The molecule has 4 rings (SSSR count). The van der Waals surface area contributed by atoms with E-state index in [0.29, 0.717) is 54.7 Å². The summed E-state index contributed by atoms with van der Waals surface area (Å²) in [6.07, 6.45) is 1.73. The molecule has 0 saturated carbocycles. The molecule has 0 aliphatic carbocycles. The van der Waals surface area contributed by atoms with Gasteiger partial charge in [-0.3, -0.25) is 4.79 Å². The van der Waals surface area contributed by atoms with Gasteiger partial charge in [0.25, 0.3) is 5.91 Å². The molecule has 0 spiro atoms. The molecule has 202 valence electrons. The second-order valence-electron chi connectivity index (χ2n) is 9.78. The second-order valence-corrected chi connectivity index (χ2v) is 9.78. The fraction of sp³-hybridized carbons (Fsp3) is 0.345. The van der Waals surface area contributed by atoms with Crippen molar-refractivity contribution in [3.63, 3.8) is 0 Å². The van der Waals surface area contributed by atoms with Crippen LogP contribution in [0.5, 0.6) is 0 Å². The summed E-state index contributed by atoms with van der Waals surface area (Å²) in [6.45, 7) is 7.80. The number of carbonyl (C=O) groups excluding carboxylic acids is 2. The predicted molar refractivity (Wildman–Crippen MR) is 152 cm³/mol. The molecule has 10 nitrogen and oxygen atoms in total. The van der Waals surface area contributed by atoms with Crippen LogP contribution in [0.1, 0.15) is 57.1 Å². The molecule has 1 saturated heterocycles. The number of nitrogen functional groups attached to an aromatic ring is 1. The molecule has 1 aliphatic heterocycles. The number of piperidine rings is 1. The van der Waals surface area contributed by atoms with E-state index < -0.39 is 0 Å². The van der Waals surface area contributed by atoms with Crippen molar-refractivity contribution < 1.29 is 9.59 Å². The summed E-state index contributed by atoms with van der Waals surface area (Å²) in [7, 11) is 0. The topological polar surface area (TPSA) is 149 Å². The Labute approximate surface area is 228 Å². The zero-order valence-corrected chi connectivity index (χ0v) is 22.5. The molecule has 2 aromatic carbocycles. The number of hydrogen-bond donors (Lipinski definition) is 4. The molecule has 0 atom stereocenters. The van der Waals surface area contributed by atoms with Crippen LogP contribution in [0.2, 0.25) is 0 Å². The lowest BCUT2D eigenvalue weighted by atomic mass is 9.89. The van der Waals surface area contributed by atoms with Gasteiger partial charge >= 0.3 is 6.03 Å². The third-order valence-corrected chi connectivity index (χ3v) is 7.14. The van der Waals surface area contributed by atoms with Crippen molar-refractivity contribution in [2.45, 2.75) is 39.5 Å². The van der Waals surface area contributed by atoms with Crippen molar-refractivity contribution in [3.8, 4) is 6.07 Å². The number of likely N-dealkylation sites (tertiary alicyclic amines) is 1. The largest absolute Gasteiger partial charge is 0.368 e. The van der Waals surface area contributed by atoms with Gasteiger partial charge in [0.15, 0.2) is 0 Å². The van der Waals surface area contributed by atoms with Crippen molar-refractivity contribution in [3.05, 3.63) is 76.0 Å². The van der Waals surface area contributed by atoms with Gasteiger partial charge in [-0.2, -0.15) is 10.2 Å². The lowest BCUT2D eigenvalue weighted by Crippen LogP contribution is -2.38. The smallest absolute Gasteiger partial charge is 0.319 e. The van der Waals surface area contributed by atoms with E-state index in [1.165, 1.54) is 5.56 Å². The highest BCUT2D eigenvalue weighted by atomic mass is 16.2. The Morgan fingerprint density at radius 1 is 1.05 bits per heavy atom. The molecular formula is C29H34N8O2. The number of carbonyl (C=O) groups is 2. The summed E-state index contributed by atoms with van der Waals surface area (Å²) in [5, 5.41) is 17.8. The zero-order chi connectivity index (χ0) is 27.9. The number of amides is 3. The number of hydrogen-bond acceptors (Lipinski definition) is 7. The lowest BCUT2D eigenvalue weighted by Gasteiger charge is -2.32. The number of nitrogens with one attached hydrogen (secondary N) is 3. The van der Waals surface area contributed by atoms with Gasteiger partial charge in [0.1, 0.15) is 5.82 Å². The molecule has 39 heavy (non-hydrogen) atoms. The standard InChI is InChI=1S/C29H34N8O2/c1-18-4-7-24(27(38)37-14-10-23(11-15-37)22-8-5-21(17-30)6-9-22)16-25(18)35-29(39)33-13-12-32-26-19(2)20(3)34-28(31)36-26/h4-9,16,23H,10-15H2,1-3H3,(H2,33,35,39)(H3,31,32,34,36). The minimum Gasteiger partial charge on any atom is -0.368 e. The third-order valence-electron chi connectivity index (χ3n) is 7.14. The Morgan fingerprint density at radius 3 is 2.46 bits per heavy atom. The molecule has 1 fully saturated rings. The summed E-state index contributed by atoms with van der Waals surface area (Å²) in [5.74, 6) is 1.17. The predicted octanol–water partition coefficient (Wildman–Crippen LogP) is 4.11. The van der Waals surface area contributed by atoms with Crippen LogP contribution in [0.4, 0.5) is 22.2 Å². The van der Waals surface area contributed by atoms with Crippen LogP contribution in [0, 0.1) is 32.1 Å². The van der Waals surface area contributed by atoms with Crippen molar-refractivity contribution in [1.82, 2.24) is 20.2 Å². The highest BCUT2D eigenvalue weighted by Gasteiger charge is 2.25. The first kappa shape index (κ1) is 27.4. The molecule has 0 radical (unpaired) electrons. The first-order valence-corrected chi connectivity index (χ1v) is 13.0. The number of benzene rings is 2. The maximum absolute atomic E-state index is 13.2. The maximum atomic E-state index is 13.2. The number of anilines is 3. The van der Waals surface area contributed by atoms with Crippen molar-refractivity contribution in [2.75, 3.05) is 42.5 Å². The Kier molecular flexibility index (Phi) is 8.61. The quantitative estimate of drug-likeness (QED) is 0.339. The van der Waals surface area contributed by atoms with Crippen LogP contribution in [0.15, 0.2) is 42.5 Å². The Balaban J connectivity index is 1.28. The summed E-state index contributed by atoms with van der Waals surface area (Å²) in [6, 6.07) is 14.9. The summed E-state index contributed by atoms with van der Waals surface area (Å²) >= 11 is 0. The van der Waals surface area contributed by atoms with Crippen LogP contribution in [0.3, 0.4) is 0 Å². The van der Waals surface area contributed by atoms with E-state index in [1.54, 1.807) is 12.1 Å². The number of nitrogens with zero attached hydrogens (tertiary/aromatic N) is 4. The van der Waals surface area contributed by atoms with Gasteiger partial charge in [0.05, 0.1) is 11.6 Å². The Hall–Kier alpha value is -4.65. The van der Waals surface area contributed by atoms with Crippen LogP contribution < -0.4 is 21.7 Å². The number of aromatic nitrogens is 2. The third kappa shape index (κ3) is 6.82. The van der Waals surface area contributed by atoms with Crippen molar-refractivity contribution >= 4 is 29.4 Å². The van der Waals surface area contributed by atoms with E-state index in [2.05, 4.69) is 32.0 Å². The number of nitrogens with two attached hydrogens (primary N) is 1. The number of urea groups is 1. The minimum atomic E-state index is -0.358. The van der Waals surface area contributed by atoms with E-state index >= 15 is 0 Å². The van der Waals surface area contributed by atoms with Gasteiger partial charge in [0, 0.05) is 48.7 Å². The van der Waals surface area contributed by atoms with E-state index in [1.807, 2.05) is 56.0 Å². The Bertz CT molecular complexity index is 1390. The average Bonchev–Trinajstić information content (AvgIpc) is 2.94. The van der Waals surface area contributed by atoms with Crippen molar-refractivity contribution in [2.24, 2.45) is 0 Å². The van der Waals surface area contributed by atoms with Gasteiger partial charge in [-0.05, 0) is 74.9 Å². The molecule has 5 N–H and O–H groups in total. The highest BCUT2D eigenvalue weighted by Crippen LogP contribution is 2.29. The fourth-order valence-electron chi connectivity index (χ4n) is 4.66. The molecule has 2 heterocycles. The van der Waals surface area contributed by atoms with Crippen LogP contribution in [0.25, 0.3) is 0 Å². The monoisotopic (exact) mass is 526 g/mol. The summed E-state index contributed by atoms with van der Waals surface area (Å²) < 4.78 is 0. The first-order valence-electron chi connectivity index (χ1n) is 13.0. The van der Waals surface area contributed by atoms with E-state index in [4.69, 9.17) is 11.0 Å². The zero-order valence-electron chi connectivity index (χ0n) is 22.5. The molecule has 1 aliphatic rings. The van der Waals surface area contributed by atoms with Crippen LogP contribution in [-0.4, -0.2) is 53.0 Å². The number of rotatable bonds is 7. The molecule has 3 amide bonds. The summed E-state index contributed by atoms with van der Waals surface area (Å²) in [5.41, 5.74) is 11.3. The van der Waals surface area contributed by atoms with Crippen LogP contribution >= 0.6 is 0 Å². The lowest BCUT2D eigenvalue weighted by molar-refractivity contribution is 0.0713. The maximum Gasteiger partial charge on any atom is 0.319 e. The molecule has 10 heteroatoms.